The molecule has 0 radical (unpaired) electrons. The van der Waals surface area contributed by atoms with Gasteiger partial charge in [0.05, 0.1) is 25.6 Å². The van der Waals surface area contributed by atoms with E-state index >= 15 is 0 Å². The molecule has 0 aromatic heterocycles. The van der Waals surface area contributed by atoms with Crippen LogP contribution in [0.4, 0.5) is 0 Å². The van der Waals surface area contributed by atoms with Crippen molar-refractivity contribution in [2.24, 2.45) is 0 Å². The highest BCUT2D eigenvalue weighted by Crippen LogP contribution is 2.16. The number of rotatable bonds is 10. The Labute approximate surface area is 168 Å². The average Bonchev–Trinajstić information content (AvgIpc) is 2.71. The van der Waals surface area contributed by atoms with E-state index in [-0.39, 0.29) is 24.3 Å². The quantitative estimate of drug-likeness (QED) is 0.589. The molecule has 2 aromatic carbocycles. The lowest BCUT2D eigenvalue weighted by molar-refractivity contribution is -0.910. The smallest absolute Gasteiger partial charge is 0.222 e. The molecule has 0 heterocycles. The minimum Gasteiger partial charge on any atom is -0.352 e. The first-order chi connectivity index (χ1) is 13.5. The molecule has 0 saturated carbocycles. The summed E-state index contributed by atoms with van der Waals surface area (Å²) < 4.78 is 0. The molecule has 0 bridgehead atoms. The molecule has 0 saturated heterocycles. The average molecular weight is 383 g/mol. The van der Waals surface area contributed by atoms with Crippen molar-refractivity contribution in [2.75, 3.05) is 13.1 Å². The van der Waals surface area contributed by atoms with Gasteiger partial charge in [-0.15, -0.1) is 0 Å². The number of nitrogens with one attached hydrogen (secondary N) is 3. The topological polar surface area (TPSA) is 62.6 Å². The second-order valence-corrected chi connectivity index (χ2v) is 7.10. The number of carbonyl (C=O) groups is 2. The molecule has 2 amide bonds. The minimum absolute atomic E-state index is 0.0840. The largest absolute Gasteiger partial charge is 0.352 e. The van der Waals surface area contributed by atoms with E-state index in [1.54, 1.807) is 4.90 Å². The summed E-state index contributed by atoms with van der Waals surface area (Å²) in [5.74, 6) is -0.230. The van der Waals surface area contributed by atoms with Crippen LogP contribution in [-0.2, 0) is 22.7 Å². The van der Waals surface area contributed by atoms with Gasteiger partial charge in [0.15, 0.2) is 0 Å². The number of carbonyl (C=O) groups excluding carboxylic acids is 2. The second-order valence-electron chi connectivity index (χ2n) is 7.10. The number of hydrogen-bond acceptors (Lipinski definition) is 2. The van der Waals surface area contributed by atoms with Crippen LogP contribution in [0, 0.1) is 0 Å². The molecule has 0 fully saturated rings. The lowest BCUT2D eigenvalue weighted by Gasteiger charge is -2.18. The van der Waals surface area contributed by atoms with E-state index in [4.69, 9.17) is 0 Å². The predicted molar refractivity (Wildman–Crippen MR) is 112 cm³/mol. The van der Waals surface area contributed by atoms with Gasteiger partial charge in [0.1, 0.15) is 6.54 Å². The first kappa shape index (κ1) is 21.6. The first-order valence-corrected chi connectivity index (χ1v) is 10.0. The lowest BCUT2D eigenvalue weighted by Crippen LogP contribution is -3.10. The van der Waals surface area contributed by atoms with Crippen molar-refractivity contribution >= 4 is 11.8 Å². The zero-order valence-corrected chi connectivity index (χ0v) is 17.1. The van der Waals surface area contributed by atoms with Gasteiger partial charge in [0.25, 0.3) is 0 Å². The van der Waals surface area contributed by atoms with Gasteiger partial charge >= 0.3 is 0 Å². The molecule has 3 N–H and O–H groups in total. The Bertz CT molecular complexity index is 740. The van der Waals surface area contributed by atoms with Crippen molar-refractivity contribution in [3.8, 4) is 0 Å². The van der Waals surface area contributed by atoms with Crippen LogP contribution in [0.5, 0.6) is 0 Å². The molecule has 0 aliphatic rings. The third-order valence-corrected chi connectivity index (χ3v) is 4.94. The number of amides is 2. The van der Waals surface area contributed by atoms with Gasteiger partial charge in [-0.25, -0.2) is 0 Å². The van der Waals surface area contributed by atoms with Crippen LogP contribution in [-0.4, -0.2) is 24.9 Å². The van der Waals surface area contributed by atoms with Gasteiger partial charge in [-0.3, -0.25) is 9.59 Å². The molecular weight excluding hydrogens is 350 g/mol. The second kappa shape index (κ2) is 11.2. The van der Waals surface area contributed by atoms with Gasteiger partial charge in [-0.05, 0) is 25.0 Å². The van der Waals surface area contributed by atoms with Gasteiger partial charge in [-0.1, -0.05) is 54.6 Å². The predicted octanol–water partition coefficient (Wildman–Crippen LogP) is 2.00. The molecular formula is C23H32N3O2+. The fraction of sp³-hybridized carbons (Fsp3) is 0.391. The van der Waals surface area contributed by atoms with Crippen LogP contribution in [0.25, 0.3) is 0 Å². The summed E-state index contributed by atoms with van der Waals surface area (Å²) in [4.78, 5) is 25.4. The summed E-state index contributed by atoms with van der Waals surface area (Å²) in [6.45, 7) is 9.61. The zero-order chi connectivity index (χ0) is 20.4. The molecule has 28 heavy (non-hydrogen) atoms. The summed E-state index contributed by atoms with van der Waals surface area (Å²) in [5.41, 5.74) is 3.31. The molecule has 150 valence electrons. The molecule has 0 unspecified atom stereocenters. The third kappa shape index (κ3) is 7.16. The van der Waals surface area contributed by atoms with E-state index in [9.17, 15) is 9.59 Å². The minimum atomic E-state index is -0.321. The maximum Gasteiger partial charge on any atom is 0.222 e. The van der Waals surface area contributed by atoms with Crippen LogP contribution >= 0.6 is 0 Å². The Morgan fingerprint density at radius 1 is 0.929 bits per heavy atom. The van der Waals surface area contributed by atoms with Crippen molar-refractivity contribution in [3.05, 3.63) is 71.3 Å². The molecule has 1 atom stereocenters. The van der Waals surface area contributed by atoms with Crippen molar-refractivity contribution in [2.45, 2.75) is 46.3 Å². The molecule has 0 spiro atoms. The number of hydrogen-bond donors (Lipinski definition) is 3. The van der Waals surface area contributed by atoms with Crippen LogP contribution < -0.4 is 15.5 Å². The van der Waals surface area contributed by atoms with Crippen molar-refractivity contribution in [1.29, 1.82) is 0 Å². The summed E-state index contributed by atoms with van der Waals surface area (Å²) >= 11 is 0. The zero-order valence-electron chi connectivity index (χ0n) is 17.1. The Kier molecular flexibility index (Phi) is 8.69. The van der Waals surface area contributed by atoms with Crippen molar-refractivity contribution in [3.63, 3.8) is 0 Å². The maximum atomic E-state index is 12.4. The van der Waals surface area contributed by atoms with E-state index in [1.165, 1.54) is 12.5 Å². The van der Waals surface area contributed by atoms with Crippen molar-refractivity contribution in [1.82, 2.24) is 10.6 Å². The standard InChI is InChI=1S/C23H31N3O2/c1-4-26(5-2)17-20-13-11-19(12-14-20)16-24-23(28)15-22(25-18(3)27)21-9-7-6-8-10-21/h6-14,22H,4-5,15-17H2,1-3H3,(H,24,28)(H,25,27)/p+1/t22-/m1/s1. The van der Waals surface area contributed by atoms with Gasteiger partial charge in [-0.2, -0.15) is 0 Å². The number of benzene rings is 2. The van der Waals surface area contributed by atoms with Crippen LogP contribution in [0.15, 0.2) is 54.6 Å². The lowest BCUT2D eigenvalue weighted by atomic mass is 10.0. The SMILES string of the molecule is CC[NH+](CC)Cc1ccc(CNC(=O)C[C@@H](NC(C)=O)c2ccccc2)cc1. The van der Waals surface area contributed by atoms with E-state index in [0.717, 1.165) is 30.8 Å². The van der Waals surface area contributed by atoms with Crippen LogP contribution in [0.3, 0.4) is 0 Å². The Morgan fingerprint density at radius 3 is 2.11 bits per heavy atom. The van der Waals surface area contributed by atoms with E-state index in [2.05, 4.69) is 48.7 Å². The third-order valence-electron chi connectivity index (χ3n) is 4.94. The Morgan fingerprint density at radius 2 is 1.54 bits per heavy atom. The molecule has 0 aliphatic carbocycles. The highest BCUT2D eigenvalue weighted by Gasteiger charge is 2.16. The first-order valence-electron chi connectivity index (χ1n) is 10.0. The van der Waals surface area contributed by atoms with E-state index in [0.29, 0.717) is 6.54 Å². The summed E-state index contributed by atoms with van der Waals surface area (Å²) in [6.07, 6.45) is 0.215. The highest BCUT2D eigenvalue weighted by atomic mass is 16.2. The summed E-state index contributed by atoms with van der Waals surface area (Å²) in [6, 6.07) is 17.7. The Hall–Kier alpha value is -2.66. The molecule has 5 nitrogen and oxygen atoms in total. The number of quaternary nitrogens is 1. The van der Waals surface area contributed by atoms with Gasteiger partial charge in [0, 0.05) is 19.0 Å². The molecule has 2 aromatic rings. The molecule has 5 heteroatoms. The van der Waals surface area contributed by atoms with Crippen LogP contribution in [0.1, 0.15) is 49.9 Å². The van der Waals surface area contributed by atoms with Gasteiger partial charge in [0.2, 0.25) is 11.8 Å². The fourth-order valence-electron chi connectivity index (χ4n) is 3.20. The summed E-state index contributed by atoms with van der Waals surface area (Å²) in [5, 5.41) is 5.82. The highest BCUT2D eigenvalue weighted by molar-refractivity contribution is 5.79. The maximum absolute atomic E-state index is 12.4. The monoisotopic (exact) mass is 382 g/mol. The van der Waals surface area contributed by atoms with Gasteiger partial charge < -0.3 is 15.5 Å². The Balaban J connectivity index is 1.89. The van der Waals surface area contributed by atoms with Crippen LogP contribution in [0.2, 0.25) is 0 Å². The summed E-state index contributed by atoms with van der Waals surface area (Å²) in [7, 11) is 0. The molecule has 2 rings (SSSR count). The van der Waals surface area contributed by atoms with Crippen molar-refractivity contribution < 1.29 is 14.5 Å². The normalized spacial score (nSPS) is 11.9. The fourth-order valence-corrected chi connectivity index (χ4v) is 3.20. The van der Waals surface area contributed by atoms with E-state index in [1.807, 2.05) is 30.3 Å². The molecule has 0 aliphatic heterocycles. The van der Waals surface area contributed by atoms with E-state index < -0.39 is 0 Å².